The van der Waals surface area contributed by atoms with Gasteiger partial charge in [0.25, 0.3) is 5.56 Å². The summed E-state index contributed by atoms with van der Waals surface area (Å²) >= 11 is 5.89. The summed E-state index contributed by atoms with van der Waals surface area (Å²) in [6.45, 7) is 2.93. The SMILES string of the molecule is CCN(C(=O)O)C1CCN(c2cc(=O)n(-c3ccc(C(F)(F)F)cc3)c(-c3ccc(Cl)cc3F)n2)CC1. The van der Waals surface area contributed by atoms with Crippen molar-refractivity contribution in [1.29, 1.82) is 0 Å². The zero-order valence-electron chi connectivity index (χ0n) is 19.7. The van der Waals surface area contributed by atoms with Gasteiger partial charge in [-0.05, 0) is 62.2 Å². The Hall–Kier alpha value is -3.60. The van der Waals surface area contributed by atoms with Crippen LogP contribution in [0.2, 0.25) is 5.02 Å². The number of rotatable bonds is 5. The number of hydrogen-bond acceptors (Lipinski definition) is 4. The lowest BCUT2D eigenvalue weighted by molar-refractivity contribution is -0.137. The third kappa shape index (κ3) is 5.56. The molecule has 0 unspecified atom stereocenters. The number of aromatic nitrogens is 2. The minimum atomic E-state index is -4.56. The fraction of sp³-hybridized carbons (Fsp3) is 0.320. The van der Waals surface area contributed by atoms with Crippen LogP contribution in [-0.4, -0.2) is 51.3 Å². The minimum absolute atomic E-state index is 0.0545. The molecule has 37 heavy (non-hydrogen) atoms. The summed E-state index contributed by atoms with van der Waals surface area (Å²) in [5.41, 5.74) is -1.48. The molecule has 2 aromatic carbocycles. The second kappa shape index (κ2) is 10.4. The molecule has 0 saturated carbocycles. The smallest absolute Gasteiger partial charge is 0.416 e. The number of piperidine rings is 1. The number of carboxylic acid groups (broad SMARTS) is 1. The second-order valence-corrected chi connectivity index (χ2v) is 9.00. The highest BCUT2D eigenvalue weighted by molar-refractivity contribution is 6.30. The normalized spacial score (nSPS) is 14.6. The van der Waals surface area contributed by atoms with Crippen LogP contribution < -0.4 is 10.5 Å². The molecule has 0 spiro atoms. The Labute approximate surface area is 214 Å². The zero-order chi connectivity index (χ0) is 26.9. The predicted octanol–water partition coefficient (Wildman–Crippen LogP) is 5.68. The summed E-state index contributed by atoms with van der Waals surface area (Å²) in [4.78, 5) is 32.5. The lowest BCUT2D eigenvalue weighted by Crippen LogP contribution is -2.47. The van der Waals surface area contributed by atoms with Gasteiger partial charge in [0.15, 0.2) is 5.82 Å². The maximum atomic E-state index is 14.9. The fourth-order valence-corrected chi connectivity index (χ4v) is 4.65. The number of carbonyl (C=O) groups is 1. The number of nitrogens with zero attached hydrogens (tertiary/aromatic N) is 4. The van der Waals surface area contributed by atoms with Gasteiger partial charge in [-0.3, -0.25) is 9.36 Å². The molecule has 12 heteroatoms. The van der Waals surface area contributed by atoms with E-state index >= 15 is 0 Å². The van der Waals surface area contributed by atoms with E-state index in [2.05, 4.69) is 4.98 Å². The van der Waals surface area contributed by atoms with Crippen molar-refractivity contribution in [2.24, 2.45) is 0 Å². The number of anilines is 1. The van der Waals surface area contributed by atoms with Crippen LogP contribution >= 0.6 is 11.6 Å². The van der Waals surface area contributed by atoms with Crippen molar-refractivity contribution in [2.45, 2.75) is 32.0 Å². The van der Waals surface area contributed by atoms with Crippen molar-refractivity contribution in [1.82, 2.24) is 14.5 Å². The number of halogens is 5. The van der Waals surface area contributed by atoms with Gasteiger partial charge in [0.1, 0.15) is 11.6 Å². The summed E-state index contributed by atoms with van der Waals surface area (Å²) in [5.74, 6) is -0.593. The van der Waals surface area contributed by atoms with Crippen LogP contribution in [-0.2, 0) is 6.18 Å². The highest BCUT2D eigenvalue weighted by Gasteiger charge is 2.31. The monoisotopic (exact) mass is 538 g/mol. The van der Waals surface area contributed by atoms with Crippen molar-refractivity contribution in [3.05, 3.63) is 75.3 Å². The Kier molecular flexibility index (Phi) is 7.44. The van der Waals surface area contributed by atoms with E-state index in [0.717, 1.165) is 34.9 Å². The standard InChI is InChI=1S/C25H23ClF4N4O3/c1-2-33(24(36)37)17-9-11-32(12-10-17)21-14-22(35)34(18-6-3-15(4-7-18)25(28,29)30)23(31-21)19-8-5-16(26)13-20(19)27/h3-8,13-14,17H,2,9-12H2,1H3,(H,36,37). The number of benzene rings is 2. The van der Waals surface area contributed by atoms with E-state index in [0.29, 0.717) is 32.5 Å². The highest BCUT2D eigenvalue weighted by atomic mass is 35.5. The largest absolute Gasteiger partial charge is 0.465 e. The Morgan fingerprint density at radius 1 is 1.14 bits per heavy atom. The summed E-state index contributed by atoms with van der Waals surface area (Å²) in [5, 5.41) is 9.53. The van der Waals surface area contributed by atoms with Crippen LogP contribution in [0.5, 0.6) is 0 Å². The quantitative estimate of drug-likeness (QED) is 0.423. The van der Waals surface area contributed by atoms with E-state index in [1.165, 1.54) is 23.1 Å². The average molecular weight is 539 g/mol. The molecule has 1 aliphatic heterocycles. The predicted molar refractivity (Wildman–Crippen MR) is 131 cm³/mol. The number of alkyl halides is 3. The molecule has 0 radical (unpaired) electrons. The first kappa shape index (κ1) is 26.5. The van der Waals surface area contributed by atoms with Crippen molar-refractivity contribution >= 4 is 23.5 Å². The van der Waals surface area contributed by atoms with Gasteiger partial charge in [-0.2, -0.15) is 13.2 Å². The Morgan fingerprint density at radius 2 is 1.78 bits per heavy atom. The molecule has 2 heterocycles. The summed E-state index contributed by atoms with van der Waals surface area (Å²) in [7, 11) is 0. The second-order valence-electron chi connectivity index (χ2n) is 8.57. The van der Waals surface area contributed by atoms with Crippen molar-refractivity contribution in [3.63, 3.8) is 0 Å². The first-order chi connectivity index (χ1) is 17.5. The molecule has 0 bridgehead atoms. The maximum Gasteiger partial charge on any atom is 0.416 e. The van der Waals surface area contributed by atoms with Crippen LogP contribution in [0.15, 0.2) is 53.3 Å². The molecule has 1 N–H and O–H groups in total. The molecule has 7 nitrogen and oxygen atoms in total. The minimum Gasteiger partial charge on any atom is -0.465 e. The van der Waals surface area contributed by atoms with Gasteiger partial charge in [0.05, 0.1) is 16.8 Å². The maximum absolute atomic E-state index is 14.9. The molecule has 0 aliphatic carbocycles. The van der Waals surface area contributed by atoms with Crippen LogP contribution in [0.4, 0.5) is 28.2 Å². The molecule has 1 aromatic heterocycles. The molecule has 196 valence electrons. The van der Waals surface area contributed by atoms with E-state index < -0.39 is 29.2 Å². The third-order valence-electron chi connectivity index (χ3n) is 6.35. The van der Waals surface area contributed by atoms with Crippen molar-refractivity contribution in [2.75, 3.05) is 24.5 Å². The summed E-state index contributed by atoms with van der Waals surface area (Å²) < 4.78 is 55.2. The highest BCUT2D eigenvalue weighted by Crippen LogP contribution is 2.31. The van der Waals surface area contributed by atoms with Gasteiger partial charge in [-0.1, -0.05) is 11.6 Å². The molecule has 1 amide bonds. The van der Waals surface area contributed by atoms with Crippen molar-refractivity contribution in [3.8, 4) is 17.1 Å². The first-order valence-electron chi connectivity index (χ1n) is 11.5. The van der Waals surface area contributed by atoms with Crippen molar-refractivity contribution < 1.29 is 27.5 Å². The molecule has 3 aromatic rings. The number of amides is 1. The van der Waals surface area contributed by atoms with E-state index in [1.807, 2.05) is 4.90 Å². The lowest BCUT2D eigenvalue weighted by Gasteiger charge is -2.37. The topological polar surface area (TPSA) is 78.7 Å². The average Bonchev–Trinajstić information content (AvgIpc) is 2.84. The fourth-order valence-electron chi connectivity index (χ4n) is 4.49. The third-order valence-corrected chi connectivity index (χ3v) is 6.58. The number of hydrogen-bond donors (Lipinski definition) is 1. The van der Waals surface area contributed by atoms with Gasteiger partial charge in [-0.15, -0.1) is 0 Å². The summed E-state index contributed by atoms with van der Waals surface area (Å²) in [6.07, 6.45) is -4.54. The van der Waals surface area contributed by atoms with Gasteiger partial charge in [0.2, 0.25) is 0 Å². The molecule has 1 fully saturated rings. The molecule has 0 atom stereocenters. The van der Waals surface area contributed by atoms with Crippen LogP contribution in [0.25, 0.3) is 17.1 Å². The van der Waals surface area contributed by atoms with Gasteiger partial charge < -0.3 is 14.9 Å². The Balaban J connectivity index is 1.76. The lowest BCUT2D eigenvalue weighted by atomic mass is 10.0. The Morgan fingerprint density at radius 3 is 2.32 bits per heavy atom. The van der Waals surface area contributed by atoms with E-state index in [4.69, 9.17) is 11.6 Å². The molecular formula is C25H23ClF4N4O3. The molecule has 1 saturated heterocycles. The van der Waals surface area contributed by atoms with E-state index in [1.54, 1.807) is 6.92 Å². The van der Waals surface area contributed by atoms with E-state index in [-0.39, 0.29) is 34.0 Å². The zero-order valence-corrected chi connectivity index (χ0v) is 20.4. The van der Waals surface area contributed by atoms with Crippen LogP contribution in [0.1, 0.15) is 25.3 Å². The molecule has 4 rings (SSSR count). The van der Waals surface area contributed by atoms with Gasteiger partial charge in [0, 0.05) is 36.8 Å². The Bertz CT molecular complexity index is 1350. The van der Waals surface area contributed by atoms with Gasteiger partial charge in [-0.25, -0.2) is 14.2 Å². The first-order valence-corrected chi connectivity index (χ1v) is 11.9. The molecular weight excluding hydrogens is 516 g/mol. The van der Waals surface area contributed by atoms with Crippen LogP contribution in [0.3, 0.4) is 0 Å². The summed E-state index contributed by atoms with van der Waals surface area (Å²) in [6, 6.07) is 8.82. The van der Waals surface area contributed by atoms with Gasteiger partial charge >= 0.3 is 12.3 Å². The van der Waals surface area contributed by atoms with E-state index in [9.17, 15) is 32.3 Å². The molecule has 1 aliphatic rings. The van der Waals surface area contributed by atoms with Crippen LogP contribution in [0, 0.1) is 5.82 Å².